The lowest BCUT2D eigenvalue weighted by molar-refractivity contribution is -0.122. The zero-order valence-corrected chi connectivity index (χ0v) is 18.7. The largest absolute Gasteiger partial charge is 0.354 e. The van der Waals surface area contributed by atoms with Crippen LogP contribution >= 0.6 is 11.6 Å². The molecule has 1 amide bonds. The third-order valence-electron chi connectivity index (χ3n) is 5.46. The minimum Gasteiger partial charge on any atom is -0.354 e. The van der Waals surface area contributed by atoms with Gasteiger partial charge in [-0.05, 0) is 24.1 Å². The number of hydrogen-bond acceptors (Lipinski definition) is 4. The van der Waals surface area contributed by atoms with Gasteiger partial charge in [-0.15, -0.1) is 0 Å². The number of nitrogens with one attached hydrogen (secondary N) is 1. The fourth-order valence-corrected chi connectivity index (χ4v) is 5.56. The van der Waals surface area contributed by atoms with E-state index >= 15 is 0 Å². The lowest BCUT2D eigenvalue weighted by Crippen LogP contribution is -2.51. The summed E-state index contributed by atoms with van der Waals surface area (Å²) in [6.07, 6.45) is 0.947. The normalized spacial score (nSPS) is 16.9. The zero-order valence-electron chi connectivity index (χ0n) is 17.1. The van der Waals surface area contributed by atoms with E-state index in [1.54, 1.807) is 18.2 Å². The molecule has 0 aromatic heterocycles. The van der Waals surface area contributed by atoms with Crippen molar-refractivity contribution < 1.29 is 13.2 Å². The second kappa shape index (κ2) is 10.4. The van der Waals surface area contributed by atoms with Crippen molar-refractivity contribution in [3.05, 3.63) is 65.2 Å². The molecule has 1 unspecified atom stereocenters. The van der Waals surface area contributed by atoms with Crippen molar-refractivity contribution in [2.24, 2.45) is 0 Å². The average molecular weight is 450 g/mol. The summed E-state index contributed by atoms with van der Waals surface area (Å²) < 4.78 is 27.1. The molecule has 162 valence electrons. The molecule has 3 rings (SSSR count). The molecule has 1 aliphatic heterocycles. The number of sulfonamides is 1. The number of piperazine rings is 1. The Morgan fingerprint density at radius 2 is 1.67 bits per heavy atom. The molecule has 1 aliphatic rings. The van der Waals surface area contributed by atoms with E-state index in [0.717, 1.165) is 6.42 Å². The van der Waals surface area contributed by atoms with Gasteiger partial charge in [0.25, 0.3) is 0 Å². The van der Waals surface area contributed by atoms with Crippen LogP contribution in [0.4, 0.5) is 0 Å². The number of hydrogen-bond donors (Lipinski definition) is 1. The molecule has 2 aromatic rings. The second-order valence-corrected chi connectivity index (χ2v) is 9.74. The van der Waals surface area contributed by atoms with Gasteiger partial charge in [-0.25, -0.2) is 8.42 Å². The Kier molecular flexibility index (Phi) is 7.88. The summed E-state index contributed by atoms with van der Waals surface area (Å²) in [6.45, 7) is 4.67. The number of halogens is 1. The highest BCUT2D eigenvalue weighted by Crippen LogP contribution is 2.25. The second-order valence-electron chi connectivity index (χ2n) is 7.43. The summed E-state index contributed by atoms with van der Waals surface area (Å²) in [6, 6.07) is 16.6. The minimum absolute atomic E-state index is 0.0354. The van der Waals surface area contributed by atoms with Gasteiger partial charge >= 0.3 is 0 Å². The van der Waals surface area contributed by atoms with Gasteiger partial charge in [0.05, 0.1) is 11.6 Å². The van der Waals surface area contributed by atoms with Crippen LogP contribution in [0.2, 0.25) is 5.02 Å². The van der Waals surface area contributed by atoms with Gasteiger partial charge in [-0.2, -0.15) is 4.31 Å². The highest BCUT2D eigenvalue weighted by Gasteiger charge is 2.30. The summed E-state index contributed by atoms with van der Waals surface area (Å²) in [5.41, 5.74) is 1.22. The quantitative estimate of drug-likeness (QED) is 0.672. The van der Waals surface area contributed by atoms with Gasteiger partial charge in [-0.1, -0.05) is 61.0 Å². The third-order valence-corrected chi connectivity index (χ3v) is 7.86. The van der Waals surface area contributed by atoms with Crippen LogP contribution in [0, 0.1) is 0 Å². The maximum atomic E-state index is 12.8. The maximum Gasteiger partial charge on any atom is 0.244 e. The van der Waals surface area contributed by atoms with Crippen molar-refractivity contribution in [2.75, 3.05) is 39.3 Å². The summed E-state index contributed by atoms with van der Waals surface area (Å²) >= 11 is 6.07. The Morgan fingerprint density at radius 1 is 1.03 bits per heavy atom. The first-order valence-corrected chi connectivity index (χ1v) is 12.0. The van der Waals surface area contributed by atoms with Crippen molar-refractivity contribution in [3.63, 3.8) is 0 Å². The van der Waals surface area contributed by atoms with Crippen LogP contribution in [-0.4, -0.2) is 62.8 Å². The Bertz CT molecular complexity index is 945. The SMILES string of the molecule is CCC(CNC(=O)CN1CCN(S(=O)(=O)c2ccccc2Cl)CC1)c1ccccc1. The number of benzene rings is 2. The van der Waals surface area contributed by atoms with E-state index in [9.17, 15) is 13.2 Å². The van der Waals surface area contributed by atoms with Crippen molar-refractivity contribution in [1.82, 2.24) is 14.5 Å². The standard InChI is InChI=1S/C22H28ClN3O3S/c1-2-18(19-8-4-3-5-9-19)16-24-22(27)17-25-12-14-26(15-13-25)30(28,29)21-11-7-6-10-20(21)23/h3-11,18H,2,12-17H2,1H3,(H,24,27). The van der Waals surface area contributed by atoms with Crippen LogP contribution in [0.25, 0.3) is 0 Å². The maximum absolute atomic E-state index is 12.8. The molecule has 1 saturated heterocycles. The van der Waals surface area contributed by atoms with Crippen LogP contribution in [-0.2, 0) is 14.8 Å². The van der Waals surface area contributed by atoms with Crippen molar-refractivity contribution in [1.29, 1.82) is 0 Å². The minimum atomic E-state index is -3.63. The number of rotatable bonds is 8. The van der Waals surface area contributed by atoms with Crippen LogP contribution in [0.1, 0.15) is 24.8 Å². The molecule has 0 bridgehead atoms. The van der Waals surface area contributed by atoms with Crippen LogP contribution in [0.15, 0.2) is 59.5 Å². The lowest BCUT2D eigenvalue weighted by atomic mass is 9.96. The van der Waals surface area contributed by atoms with Crippen LogP contribution < -0.4 is 5.32 Å². The van der Waals surface area contributed by atoms with Crippen LogP contribution in [0.5, 0.6) is 0 Å². The first-order chi connectivity index (χ1) is 14.4. The molecular weight excluding hydrogens is 422 g/mol. The van der Waals surface area contributed by atoms with Gasteiger partial charge in [-0.3, -0.25) is 9.69 Å². The summed E-state index contributed by atoms with van der Waals surface area (Å²) in [7, 11) is -3.63. The summed E-state index contributed by atoms with van der Waals surface area (Å²) in [5, 5.41) is 3.25. The molecular formula is C22H28ClN3O3S. The van der Waals surface area contributed by atoms with Crippen molar-refractivity contribution >= 4 is 27.5 Å². The molecule has 1 atom stereocenters. The molecule has 6 nitrogen and oxygen atoms in total. The van der Waals surface area contributed by atoms with E-state index in [2.05, 4.69) is 24.4 Å². The Hall–Kier alpha value is -1.93. The van der Waals surface area contributed by atoms with Crippen LogP contribution in [0.3, 0.4) is 0 Å². The number of carbonyl (C=O) groups excluding carboxylic acids is 1. The molecule has 8 heteroatoms. The van der Waals surface area contributed by atoms with Crippen molar-refractivity contribution in [3.8, 4) is 0 Å². The smallest absolute Gasteiger partial charge is 0.244 e. The Labute approximate surface area is 183 Å². The lowest BCUT2D eigenvalue weighted by Gasteiger charge is -2.33. The van der Waals surface area contributed by atoms with E-state index in [1.807, 2.05) is 23.1 Å². The van der Waals surface area contributed by atoms with E-state index < -0.39 is 10.0 Å². The number of carbonyl (C=O) groups is 1. The van der Waals surface area contributed by atoms with Gasteiger partial charge in [0.2, 0.25) is 15.9 Å². The Morgan fingerprint density at radius 3 is 2.30 bits per heavy atom. The highest BCUT2D eigenvalue weighted by atomic mass is 35.5. The summed E-state index contributed by atoms with van der Waals surface area (Å²) in [5.74, 6) is 0.250. The fourth-order valence-electron chi connectivity index (χ4n) is 3.64. The first kappa shape index (κ1) is 22.7. The van der Waals surface area contributed by atoms with Gasteiger partial charge < -0.3 is 5.32 Å². The molecule has 1 fully saturated rings. The molecule has 1 N–H and O–H groups in total. The monoisotopic (exact) mass is 449 g/mol. The molecule has 0 aliphatic carbocycles. The average Bonchev–Trinajstić information content (AvgIpc) is 2.75. The Balaban J connectivity index is 1.48. The van der Waals surface area contributed by atoms with Gasteiger partial charge in [0, 0.05) is 38.6 Å². The molecule has 0 radical (unpaired) electrons. The molecule has 30 heavy (non-hydrogen) atoms. The molecule has 2 aromatic carbocycles. The topological polar surface area (TPSA) is 69.7 Å². The first-order valence-electron chi connectivity index (χ1n) is 10.2. The van der Waals surface area contributed by atoms with Gasteiger partial charge in [0.1, 0.15) is 4.90 Å². The van der Waals surface area contributed by atoms with Crippen molar-refractivity contribution in [2.45, 2.75) is 24.2 Å². The molecule has 0 saturated carbocycles. The van der Waals surface area contributed by atoms with E-state index in [4.69, 9.17) is 11.6 Å². The van der Waals surface area contributed by atoms with E-state index in [0.29, 0.717) is 32.7 Å². The zero-order chi connectivity index (χ0) is 21.6. The fraction of sp³-hybridized carbons (Fsp3) is 0.409. The summed E-state index contributed by atoms with van der Waals surface area (Å²) in [4.78, 5) is 14.5. The molecule has 0 spiro atoms. The molecule has 1 heterocycles. The number of amides is 1. The predicted molar refractivity (Wildman–Crippen MR) is 119 cm³/mol. The predicted octanol–water partition coefficient (Wildman–Crippen LogP) is 2.96. The number of nitrogens with zero attached hydrogens (tertiary/aromatic N) is 2. The van der Waals surface area contributed by atoms with E-state index in [1.165, 1.54) is 15.9 Å². The van der Waals surface area contributed by atoms with E-state index in [-0.39, 0.29) is 28.3 Å². The van der Waals surface area contributed by atoms with Gasteiger partial charge in [0.15, 0.2) is 0 Å². The third kappa shape index (κ3) is 5.60. The highest BCUT2D eigenvalue weighted by molar-refractivity contribution is 7.89.